The quantitative estimate of drug-likeness (QED) is 0.0671. The molecule has 4 atom stereocenters. The summed E-state index contributed by atoms with van der Waals surface area (Å²) in [6, 6.07) is 0. The van der Waals surface area contributed by atoms with Crippen LogP contribution in [-0.4, -0.2) is 118 Å². The Morgan fingerprint density at radius 1 is 0.531 bits per heavy atom. The molecule has 0 aliphatic rings. The normalized spacial score (nSPS) is 18.3. The Bertz CT molecular complexity index is 437. The molecule has 32 heavy (non-hydrogen) atoms. The van der Waals surface area contributed by atoms with E-state index in [1.807, 2.05) is 0 Å². The standard InChI is InChI=1S/2C6H15O8P.2Na/c2*7-1-5(9)3-13-15(11,12)14-4-6(10)2-8;;/h2*5-10H,1-4H2,(H,11,12);;/q;;2*+1/p-2. The van der Waals surface area contributed by atoms with E-state index in [0.29, 0.717) is 0 Å². The second kappa shape index (κ2) is 23.3. The molecule has 0 fully saturated rings. The topological polar surface area (TPSA) is 279 Å². The van der Waals surface area contributed by atoms with Gasteiger partial charge in [-0.2, -0.15) is 0 Å². The predicted molar refractivity (Wildman–Crippen MR) is 91.4 cm³/mol. The fraction of sp³-hybridized carbons (Fsp3) is 1.00. The number of phosphoric acid groups is 2. The molecule has 0 aromatic heterocycles. The molecule has 4 unspecified atom stereocenters. The van der Waals surface area contributed by atoms with Crippen LogP contribution in [0.5, 0.6) is 0 Å². The van der Waals surface area contributed by atoms with Gasteiger partial charge < -0.3 is 68.7 Å². The third-order valence-electron chi connectivity index (χ3n) is 2.54. The van der Waals surface area contributed by atoms with Crippen LogP contribution in [0.15, 0.2) is 0 Å². The molecule has 0 radical (unpaired) electrons. The van der Waals surface area contributed by atoms with Crippen molar-refractivity contribution in [3.8, 4) is 0 Å². The molecule has 0 rings (SSSR count). The Morgan fingerprint density at radius 3 is 0.812 bits per heavy atom. The minimum atomic E-state index is -4.62. The summed E-state index contributed by atoms with van der Waals surface area (Å²) in [7, 11) is -9.24. The van der Waals surface area contributed by atoms with Crippen molar-refractivity contribution in [2.45, 2.75) is 24.4 Å². The van der Waals surface area contributed by atoms with Crippen LogP contribution in [0.1, 0.15) is 0 Å². The fourth-order valence-corrected chi connectivity index (χ4v) is 2.56. The Labute approximate surface area is 228 Å². The largest absolute Gasteiger partial charge is 1.00 e. The molecule has 0 heterocycles. The van der Waals surface area contributed by atoms with E-state index in [0.717, 1.165) is 0 Å². The van der Waals surface area contributed by atoms with E-state index in [2.05, 4.69) is 18.1 Å². The number of phosphoric ester groups is 2. The van der Waals surface area contributed by atoms with Gasteiger partial charge in [-0.3, -0.25) is 9.13 Å². The zero-order valence-electron chi connectivity index (χ0n) is 17.7. The molecule has 0 aromatic carbocycles. The van der Waals surface area contributed by atoms with Crippen molar-refractivity contribution >= 4 is 15.6 Å². The van der Waals surface area contributed by atoms with Gasteiger partial charge in [-0.1, -0.05) is 0 Å². The van der Waals surface area contributed by atoms with Crippen LogP contribution in [0.25, 0.3) is 0 Å². The van der Waals surface area contributed by atoms with Crippen molar-refractivity contribution in [1.82, 2.24) is 0 Å². The molecule has 0 saturated heterocycles. The monoisotopic (exact) mass is 536 g/mol. The summed E-state index contributed by atoms with van der Waals surface area (Å²) in [5.41, 5.74) is 0. The molecule has 0 saturated carbocycles. The zero-order chi connectivity index (χ0) is 23.8. The maximum absolute atomic E-state index is 10.9. The van der Waals surface area contributed by atoms with Gasteiger partial charge in [0.2, 0.25) is 0 Å². The Balaban J connectivity index is -0.000000231. The minimum absolute atomic E-state index is 0. The van der Waals surface area contributed by atoms with Crippen LogP contribution < -0.4 is 68.9 Å². The van der Waals surface area contributed by atoms with Crippen LogP contribution in [0, 0.1) is 0 Å². The van der Waals surface area contributed by atoms with Crippen LogP contribution in [0.2, 0.25) is 0 Å². The summed E-state index contributed by atoms with van der Waals surface area (Å²) in [4.78, 5) is 21.7. The van der Waals surface area contributed by atoms with Gasteiger partial charge in [0.25, 0.3) is 15.6 Å². The third-order valence-corrected chi connectivity index (χ3v) is 4.40. The molecule has 184 valence electrons. The van der Waals surface area contributed by atoms with E-state index in [9.17, 15) is 18.9 Å². The van der Waals surface area contributed by atoms with Crippen LogP contribution in [0.3, 0.4) is 0 Å². The fourth-order valence-electron chi connectivity index (χ4n) is 0.995. The molecule has 0 amide bonds. The van der Waals surface area contributed by atoms with Crippen molar-refractivity contribution in [3.63, 3.8) is 0 Å². The molecule has 0 aliphatic heterocycles. The van der Waals surface area contributed by atoms with Crippen LogP contribution in [0.4, 0.5) is 0 Å². The molecular formula is C12H28Na2O16P2. The summed E-state index contributed by atoms with van der Waals surface area (Å²) in [5, 5.41) is 68.5. The molecule has 0 aliphatic carbocycles. The van der Waals surface area contributed by atoms with Gasteiger partial charge in [-0.05, 0) is 0 Å². The molecule has 20 heteroatoms. The third kappa shape index (κ3) is 26.5. The molecule has 0 aromatic rings. The number of aliphatic hydroxyl groups excluding tert-OH is 8. The predicted octanol–water partition coefficient (Wildman–Crippen LogP) is -11.6. The van der Waals surface area contributed by atoms with Crippen molar-refractivity contribution in [2.75, 3.05) is 52.9 Å². The van der Waals surface area contributed by atoms with E-state index in [4.69, 9.17) is 40.9 Å². The van der Waals surface area contributed by atoms with Gasteiger partial charge in [0.05, 0.1) is 52.9 Å². The number of rotatable bonds is 16. The van der Waals surface area contributed by atoms with E-state index < -0.39 is 92.9 Å². The second-order valence-corrected chi connectivity index (χ2v) is 8.24. The number of hydrogen-bond donors (Lipinski definition) is 8. The number of aliphatic hydroxyl groups is 8. The first-order chi connectivity index (χ1) is 13.8. The average molecular weight is 536 g/mol. The molecule has 16 nitrogen and oxygen atoms in total. The van der Waals surface area contributed by atoms with Gasteiger partial charge >= 0.3 is 59.1 Å². The van der Waals surface area contributed by atoms with E-state index >= 15 is 0 Å². The minimum Gasteiger partial charge on any atom is -0.756 e. The molecule has 0 spiro atoms. The van der Waals surface area contributed by atoms with Crippen molar-refractivity contribution in [1.29, 1.82) is 0 Å². The van der Waals surface area contributed by atoms with Crippen molar-refractivity contribution in [3.05, 3.63) is 0 Å². The first-order valence-corrected chi connectivity index (χ1v) is 11.1. The van der Waals surface area contributed by atoms with Gasteiger partial charge in [0.1, 0.15) is 24.4 Å². The number of hydrogen-bond acceptors (Lipinski definition) is 16. The Morgan fingerprint density at radius 2 is 0.688 bits per heavy atom. The maximum Gasteiger partial charge on any atom is 1.00 e. The Hall–Kier alpha value is 1.90. The summed E-state index contributed by atoms with van der Waals surface area (Å²) >= 11 is 0. The van der Waals surface area contributed by atoms with Gasteiger partial charge in [-0.25, -0.2) is 0 Å². The average Bonchev–Trinajstić information content (AvgIpc) is 2.72. The van der Waals surface area contributed by atoms with E-state index in [1.54, 1.807) is 0 Å². The summed E-state index contributed by atoms with van der Waals surface area (Å²) in [6.07, 6.45) is -5.28. The van der Waals surface area contributed by atoms with Crippen LogP contribution in [-0.2, 0) is 27.2 Å². The molecular weight excluding hydrogens is 508 g/mol. The summed E-state index contributed by atoms with van der Waals surface area (Å²) in [6.45, 7) is -5.09. The van der Waals surface area contributed by atoms with Crippen molar-refractivity contribution in [2.24, 2.45) is 0 Å². The van der Waals surface area contributed by atoms with Crippen LogP contribution >= 0.6 is 15.6 Å². The second-order valence-electron chi connectivity index (χ2n) is 5.42. The SMILES string of the molecule is O=P([O-])(OCC(O)CO)OCC(O)CO.O=P([O-])(OCC(O)CO)OCC(O)CO.[Na+].[Na+]. The Kier molecular flexibility index (Phi) is 29.9. The van der Waals surface area contributed by atoms with E-state index in [-0.39, 0.29) is 59.1 Å². The first-order valence-electron chi connectivity index (χ1n) is 8.18. The summed E-state index contributed by atoms with van der Waals surface area (Å²) in [5.74, 6) is 0. The molecule has 0 bridgehead atoms. The smallest absolute Gasteiger partial charge is 0.756 e. The van der Waals surface area contributed by atoms with E-state index in [1.165, 1.54) is 0 Å². The first kappa shape index (κ1) is 41.0. The van der Waals surface area contributed by atoms with Gasteiger partial charge in [0, 0.05) is 0 Å². The molecule has 8 N–H and O–H groups in total. The summed E-state index contributed by atoms with van der Waals surface area (Å²) < 4.78 is 38.3. The van der Waals surface area contributed by atoms with Gasteiger partial charge in [-0.15, -0.1) is 0 Å². The zero-order valence-corrected chi connectivity index (χ0v) is 23.5. The van der Waals surface area contributed by atoms with Gasteiger partial charge in [0.15, 0.2) is 0 Å². The maximum atomic E-state index is 10.9. The van der Waals surface area contributed by atoms with Crippen molar-refractivity contribution < 1.29 is 137 Å².